The van der Waals surface area contributed by atoms with Gasteiger partial charge in [-0.25, -0.2) is 0 Å². The molecular weight excluding hydrogens is 166 g/mol. The Kier molecular flexibility index (Phi) is 5.39. The van der Waals surface area contributed by atoms with E-state index in [-0.39, 0.29) is 11.8 Å². The lowest BCUT2D eigenvalue weighted by Crippen LogP contribution is -2.36. The summed E-state index contributed by atoms with van der Waals surface area (Å²) in [5, 5.41) is 0. The van der Waals surface area contributed by atoms with E-state index in [1.54, 1.807) is 6.08 Å². The van der Waals surface area contributed by atoms with Crippen LogP contribution in [0.2, 0.25) is 0 Å². The Morgan fingerprint density at radius 3 is 2.38 bits per heavy atom. The zero-order valence-corrected chi connectivity index (χ0v) is 8.62. The third kappa shape index (κ3) is 4.68. The maximum Gasteiger partial charge on any atom is 0.246 e. The number of carbonyl (C=O) groups excluding carboxylic acids is 1. The Bertz CT molecular complexity index is 178. The number of carbonyl (C=O) groups is 1. The lowest BCUT2D eigenvalue weighted by atomic mass is 10.1. The van der Waals surface area contributed by atoms with Gasteiger partial charge in [0.2, 0.25) is 5.91 Å². The van der Waals surface area contributed by atoms with Crippen molar-refractivity contribution in [1.82, 2.24) is 0 Å². The van der Waals surface area contributed by atoms with Crippen LogP contribution in [-0.2, 0) is 9.53 Å². The van der Waals surface area contributed by atoms with Crippen molar-refractivity contribution in [2.75, 3.05) is 6.61 Å². The van der Waals surface area contributed by atoms with Gasteiger partial charge in [-0.3, -0.25) is 4.79 Å². The third-order valence-corrected chi connectivity index (χ3v) is 1.83. The van der Waals surface area contributed by atoms with Crippen molar-refractivity contribution in [3.8, 4) is 0 Å². The van der Waals surface area contributed by atoms with Crippen LogP contribution in [0.25, 0.3) is 0 Å². The van der Waals surface area contributed by atoms with E-state index in [0.29, 0.717) is 6.61 Å². The fourth-order valence-corrected chi connectivity index (χ4v) is 0.927. The van der Waals surface area contributed by atoms with E-state index < -0.39 is 12.0 Å². The van der Waals surface area contributed by atoms with E-state index >= 15 is 0 Å². The standard InChI is InChI=1S/C10H19NO2/c1-5-8(4)6-13-9(7(2)3)10(11)12/h5,7-9H,1,6H2,2-4H3,(H2,11,12). The highest BCUT2D eigenvalue weighted by Crippen LogP contribution is 2.08. The summed E-state index contributed by atoms with van der Waals surface area (Å²) in [6.07, 6.45) is 1.31. The Balaban J connectivity index is 3.97. The number of hydrogen-bond donors (Lipinski definition) is 1. The first-order valence-electron chi connectivity index (χ1n) is 4.52. The molecule has 0 rings (SSSR count). The van der Waals surface area contributed by atoms with Crippen molar-refractivity contribution in [1.29, 1.82) is 0 Å². The molecule has 3 heteroatoms. The molecule has 0 aliphatic carbocycles. The van der Waals surface area contributed by atoms with Crippen LogP contribution in [0.4, 0.5) is 0 Å². The van der Waals surface area contributed by atoms with Gasteiger partial charge in [0.15, 0.2) is 0 Å². The molecule has 0 fully saturated rings. The molecule has 76 valence electrons. The number of rotatable bonds is 6. The third-order valence-electron chi connectivity index (χ3n) is 1.83. The predicted molar refractivity (Wildman–Crippen MR) is 53.1 cm³/mol. The quantitative estimate of drug-likeness (QED) is 0.635. The summed E-state index contributed by atoms with van der Waals surface area (Å²) >= 11 is 0. The number of hydrogen-bond acceptors (Lipinski definition) is 2. The van der Waals surface area contributed by atoms with Gasteiger partial charge in [0, 0.05) is 0 Å². The molecule has 0 heterocycles. The van der Waals surface area contributed by atoms with Gasteiger partial charge >= 0.3 is 0 Å². The normalized spacial score (nSPS) is 15.4. The Hall–Kier alpha value is -0.830. The first kappa shape index (κ1) is 12.2. The van der Waals surface area contributed by atoms with Gasteiger partial charge in [-0.2, -0.15) is 0 Å². The van der Waals surface area contributed by atoms with Crippen molar-refractivity contribution >= 4 is 5.91 Å². The molecule has 0 aliphatic heterocycles. The summed E-state index contributed by atoms with van der Waals surface area (Å²) in [6, 6.07) is 0. The van der Waals surface area contributed by atoms with Crippen molar-refractivity contribution in [3.05, 3.63) is 12.7 Å². The molecular formula is C10H19NO2. The first-order chi connectivity index (χ1) is 5.99. The minimum absolute atomic E-state index is 0.120. The Morgan fingerprint density at radius 2 is 2.08 bits per heavy atom. The SMILES string of the molecule is C=CC(C)COC(C(N)=O)C(C)C. The molecule has 0 aromatic rings. The van der Waals surface area contributed by atoms with Crippen molar-refractivity contribution in [2.45, 2.75) is 26.9 Å². The van der Waals surface area contributed by atoms with Crippen LogP contribution in [-0.4, -0.2) is 18.6 Å². The van der Waals surface area contributed by atoms with Crippen LogP contribution in [0, 0.1) is 11.8 Å². The number of nitrogens with two attached hydrogens (primary N) is 1. The number of amides is 1. The average molecular weight is 185 g/mol. The van der Waals surface area contributed by atoms with Gasteiger partial charge in [0.1, 0.15) is 6.10 Å². The van der Waals surface area contributed by atoms with Gasteiger partial charge in [-0.05, 0) is 11.8 Å². The zero-order valence-electron chi connectivity index (χ0n) is 8.62. The van der Waals surface area contributed by atoms with Gasteiger partial charge in [0.25, 0.3) is 0 Å². The largest absolute Gasteiger partial charge is 0.368 e. The summed E-state index contributed by atoms with van der Waals surface area (Å²) in [5.41, 5.74) is 5.18. The van der Waals surface area contributed by atoms with E-state index in [1.165, 1.54) is 0 Å². The van der Waals surface area contributed by atoms with Crippen molar-refractivity contribution in [3.63, 3.8) is 0 Å². The van der Waals surface area contributed by atoms with Gasteiger partial charge in [-0.15, -0.1) is 6.58 Å². The van der Waals surface area contributed by atoms with Crippen LogP contribution in [0.3, 0.4) is 0 Å². The predicted octanol–water partition coefficient (Wildman–Crippen LogP) is 1.33. The fourth-order valence-electron chi connectivity index (χ4n) is 0.927. The van der Waals surface area contributed by atoms with Gasteiger partial charge < -0.3 is 10.5 Å². The molecule has 0 spiro atoms. The lowest BCUT2D eigenvalue weighted by molar-refractivity contribution is -0.132. The van der Waals surface area contributed by atoms with Crippen LogP contribution in [0.15, 0.2) is 12.7 Å². The minimum atomic E-state index is -0.484. The number of ether oxygens (including phenoxy) is 1. The Labute approximate surface area is 79.9 Å². The maximum atomic E-state index is 10.9. The Morgan fingerprint density at radius 1 is 1.54 bits per heavy atom. The molecule has 3 nitrogen and oxygen atoms in total. The molecule has 13 heavy (non-hydrogen) atoms. The summed E-state index contributed by atoms with van der Waals surface area (Å²) in [5.74, 6) is -0.0265. The van der Waals surface area contributed by atoms with E-state index in [2.05, 4.69) is 6.58 Å². The minimum Gasteiger partial charge on any atom is -0.368 e. The molecule has 2 N–H and O–H groups in total. The summed E-state index contributed by atoms with van der Waals surface area (Å²) in [6.45, 7) is 9.93. The van der Waals surface area contributed by atoms with Gasteiger partial charge in [-0.1, -0.05) is 26.8 Å². The molecule has 1 amide bonds. The molecule has 0 aromatic heterocycles. The number of primary amides is 1. The van der Waals surface area contributed by atoms with Gasteiger partial charge in [0.05, 0.1) is 6.61 Å². The van der Waals surface area contributed by atoms with Crippen molar-refractivity contribution < 1.29 is 9.53 Å². The molecule has 0 saturated heterocycles. The maximum absolute atomic E-state index is 10.9. The first-order valence-corrected chi connectivity index (χ1v) is 4.52. The molecule has 0 aliphatic rings. The topological polar surface area (TPSA) is 52.3 Å². The summed E-state index contributed by atoms with van der Waals surface area (Å²) in [4.78, 5) is 10.9. The second-order valence-electron chi connectivity index (χ2n) is 3.61. The van der Waals surface area contributed by atoms with E-state index in [4.69, 9.17) is 10.5 Å². The molecule has 0 aromatic carbocycles. The van der Waals surface area contributed by atoms with Crippen LogP contribution in [0.1, 0.15) is 20.8 Å². The van der Waals surface area contributed by atoms with Crippen LogP contribution < -0.4 is 5.73 Å². The molecule has 2 unspecified atom stereocenters. The smallest absolute Gasteiger partial charge is 0.246 e. The fraction of sp³-hybridized carbons (Fsp3) is 0.700. The average Bonchev–Trinajstić information content (AvgIpc) is 2.03. The monoisotopic (exact) mass is 185 g/mol. The van der Waals surface area contributed by atoms with Crippen LogP contribution in [0.5, 0.6) is 0 Å². The molecule has 0 bridgehead atoms. The second kappa shape index (κ2) is 5.75. The highest BCUT2D eigenvalue weighted by molar-refractivity contribution is 5.79. The second-order valence-corrected chi connectivity index (χ2v) is 3.61. The van der Waals surface area contributed by atoms with E-state index in [9.17, 15) is 4.79 Å². The molecule has 2 atom stereocenters. The highest BCUT2D eigenvalue weighted by Gasteiger charge is 2.20. The van der Waals surface area contributed by atoms with Crippen molar-refractivity contribution in [2.24, 2.45) is 17.6 Å². The van der Waals surface area contributed by atoms with Crippen LogP contribution >= 0.6 is 0 Å². The lowest BCUT2D eigenvalue weighted by Gasteiger charge is -2.19. The summed E-state index contributed by atoms with van der Waals surface area (Å²) < 4.78 is 5.37. The highest BCUT2D eigenvalue weighted by atomic mass is 16.5. The summed E-state index contributed by atoms with van der Waals surface area (Å²) in [7, 11) is 0. The van der Waals surface area contributed by atoms with E-state index in [1.807, 2.05) is 20.8 Å². The van der Waals surface area contributed by atoms with E-state index in [0.717, 1.165) is 0 Å². The molecule has 0 saturated carbocycles. The zero-order chi connectivity index (χ0) is 10.4. The molecule has 0 radical (unpaired) electrons.